The molecule has 6 heteroatoms. The first-order valence-electron chi connectivity index (χ1n) is 8.46. The van der Waals surface area contributed by atoms with Crippen LogP contribution in [0.3, 0.4) is 0 Å². The number of nitrogens with zero attached hydrogens (tertiary/aromatic N) is 1. The molecule has 0 saturated carbocycles. The van der Waals surface area contributed by atoms with Crippen molar-refractivity contribution in [3.05, 3.63) is 64.1 Å². The van der Waals surface area contributed by atoms with Crippen molar-refractivity contribution in [1.29, 1.82) is 0 Å². The Kier molecular flexibility index (Phi) is 5.93. The molecule has 0 spiro atoms. The van der Waals surface area contributed by atoms with Crippen molar-refractivity contribution in [3.8, 4) is 5.75 Å². The molecule has 26 heavy (non-hydrogen) atoms. The van der Waals surface area contributed by atoms with Gasteiger partial charge in [0.1, 0.15) is 5.75 Å². The van der Waals surface area contributed by atoms with Crippen molar-refractivity contribution >= 4 is 27.8 Å². The number of halogens is 1. The number of ether oxygens (including phenoxy) is 2. The largest absolute Gasteiger partial charge is 0.482 e. The van der Waals surface area contributed by atoms with Crippen LogP contribution in [0, 0.1) is 0 Å². The van der Waals surface area contributed by atoms with Crippen LogP contribution in [0.4, 0.5) is 0 Å². The molecule has 0 fully saturated rings. The van der Waals surface area contributed by atoms with Crippen molar-refractivity contribution in [2.75, 3.05) is 13.2 Å². The Hall–Kier alpha value is -2.34. The van der Waals surface area contributed by atoms with Gasteiger partial charge >= 0.3 is 5.97 Å². The average molecular weight is 418 g/mol. The number of hydrogen-bond acceptors (Lipinski definition) is 4. The summed E-state index contributed by atoms with van der Waals surface area (Å²) < 4.78 is 11.5. The molecule has 5 nitrogen and oxygen atoms in total. The second-order valence-electron chi connectivity index (χ2n) is 6.16. The lowest BCUT2D eigenvalue weighted by molar-refractivity contribution is -0.161. The summed E-state index contributed by atoms with van der Waals surface area (Å²) in [5.41, 5.74) is 2.41. The normalized spacial score (nSPS) is 14.3. The maximum absolute atomic E-state index is 12.6. The maximum Gasteiger partial charge on any atom is 0.344 e. The molecule has 0 unspecified atom stereocenters. The van der Waals surface area contributed by atoms with Gasteiger partial charge in [0.05, 0.1) is 0 Å². The first-order valence-corrected chi connectivity index (χ1v) is 9.25. The number of fused-ring (bicyclic) bond motifs is 1. The number of esters is 1. The van der Waals surface area contributed by atoms with E-state index in [1.54, 1.807) is 24.0 Å². The van der Waals surface area contributed by atoms with Gasteiger partial charge in [-0.2, -0.15) is 0 Å². The summed E-state index contributed by atoms with van der Waals surface area (Å²) in [5.74, 6) is -0.193. The molecular weight excluding hydrogens is 398 g/mol. The van der Waals surface area contributed by atoms with Gasteiger partial charge in [-0.1, -0.05) is 46.3 Å². The van der Waals surface area contributed by atoms with E-state index in [0.29, 0.717) is 18.8 Å². The van der Waals surface area contributed by atoms with Gasteiger partial charge in [0.2, 0.25) is 0 Å². The molecule has 136 valence electrons. The van der Waals surface area contributed by atoms with E-state index in [1.165, 1.54) is 5.56 Å². The number of carbonyl (C=O) groups excluding carboxylic acids is 2. The van der Waals surface area contributed by atoms with E-state index in [2.05, 4.69) is 22.0 Å². The van der Waals surface area contributed by atoms with E-state index in [-0.39, 0.29) is 12.5 Å². The zero-order valence-corrected chi connectivity index (χ0v) is 16.1. The molecule has 3 rings (SSSR count). The Labute approximate surface area is 161 Å². The fourth-order valence-corrected chi connectivity index (χ4v) is 3.30. The second kappa shape index (κ2) is 8.36. The summed E-state index contributed by atoms with van der Waals surface area (Å²) in [4.78, 5) is 26.3. The smallest absolute Gasteiger partial charge is 0.344 e. The van der Waals surface area contributed by atoms with Crippen LogP contribution in [0.25, 0.3) is 0 Å². The van der Waals surface area contributed by atoms with Crippen LogP contribution in [-0.2, 0) is 27.3 Å². The minimum atomic E-state index is -0.834. The lowest BCUT2D eigenvalue weighted by atomic mass is 9.99. The van der Waals surface area contributed by atoms with Crippen LogP contribution in [-0.4, -0.2) is 36.0 Å². The molecule has 1 atom stereocenters. The van der Waals surface area contributed by atoms with Gasteiger partial charge in [-0.05, 0) is 42.7 Å². The predicted octanol–water partition coefficient (Wildman–Crippen LogP) is 3.34. The van der Waals surface area contributed by atoms with Crippen LogP contribution in [0.1, 0.15) is 18.1 Å². The summed E-state index contributed by atoms with van der Waals surface area (Å²) in [5, 5.41) is 0. The zero-order chi connectivity index (χ0) is 18.5. The van der Waals surface area contributed by atoms with Gasteiger partial charge in [-0.25, -0.2) is 4.79 Å². The monoisotopic (exact) mass is 417 g/mol. The Morgan fingerprint density at radius 1 is 1.15 bits per heavy atom. The van der Waals surface area contributed by atoms with Gasteiger partial charge in [-0.3, -0.25) is 4.79 Å². The van der Waals surface area contributed by atoms with Crippen molar-refractivity contribution in [2.45, 2.75) is 26.0 Å². The van der Waals surface area contributed by atoms with Crippen molar-refractivity contribution in [3.63, 3.8) is 0 Å². The summed E-state index contributed by atoms with van der Waals surface area (Å²) in [6, 6.07) is 15.3. The van der Waals surface area contributed by atoms with Gasteiger partial charge in [0.15, 0.2) is 12.7 Å². The molecular formula is C20H20BrNO4. The van der Waals surface area contributed by atoms with Gasteiger partial charge in [0, 0.05) is 17.6 Å². The molecule has 1 aliphatic heterocycles. The standard InChI is InChI=1S/C20H20BrNO4/c1-14(26-19(23)13-25-18-8-4-7-17(21)11-18)20(24)22-10-9-15-5-2-3-6-16(15)12-22/h2-8,11,14H,9-10,12-13H2,1H3/t14-/m1/s1. The van der Waals surface area contributed by atoms with E-state index in [0.717, 1.165) is 16.5 Å². The van der Waals surface area contributed by atoms with E-state index < -0.39 is 12.1 Å². The average Bonchev–Trinajstić information content (AvgIpc) is 2.65. The molecule has 0 aliphatic carbocycles. The Balaban J connectivity index is 1.50. The third-order valence-corrected chi connectivity index (χ3v) is 4.74. The highest BCUT2D eigenvalue weighted by Crippen LogP contribution is 2.20. The SMILES string of the molecule is C[C@@H](OC(=O)COc1cccc(Br)c1)C(=O)N1CCc2ccccc2C1. The molecule has 0 aromatic heterocycles. The molecule has 1 heterocycles. The molecule has 0 radical (unpaired) electrons. The van der Waals surface area contributed by atoms with Crippen LogP contribution in [0.5, 0.6) is 5.75 Å². The van der Waals surface area contributed by atoms with E-state index in [9.17, 15) is 9.59 Å². The Morgan fingerprint density at radius 2 is 1.92 bits per heavy atom. The van der Waals surface area contributed by atoms with Crippen molar-refractivity contribution < 1.29 is 19.1 Å². The number of benzene rings is 2. The molecule has 2 aromatic carbocycles. The highest BCUT2D eigenvalue weighted by atomic mass is 79.9. The number of amides is 1. The topological polar surface area (TPSA) is 55.8 Å². The minimum absolute atomic E-state index is 0.185. The number of rotatable bonds is 5. The zero-order valence-electron chi connectivity index (χ0n) is 14.5. The summed E-state index contributed by atoms with van der Waals surface area (Å²) in [7, 11) is 0. The molecule has 0 bridgehead atoms. The lowest BCUT2D eigenvalue weighted by Gasteiger charge is -2.30. The Bertz CT molecular complexity index is 808. The second-order valence-corrected chi connectivity index (χ2v) is 7.07. The van der Waals surface area contributed by atoms with Crippen LogP contribution >= 0.6 is 15.9 Å². The highest BCUT2D eigenvalue weighted by Gasteiger charge is 2.26. The van der Waals surface area contributed by atoms with E-state index in [1.807, 2.05) is 30.3 Å². The quantitative estimate of drug-likeness (QED) is 0.699. The third kappa shape index (κ3) is 4.64. The minimum Gasteiger partial charge on any atom is -0.482 e. The van der Waals surface area contributed by atoms with E-state index in [4.69, 9.17) is 9.47 Å². The molecule has 2 aromatic rings. The fraction of sp³-hybridized carbons (Fsp3) is 0.300. The maximum atomic E-state index is 12.6. The van der Waals surface area contributed by atoms with Crippen molar-refractivity contribution in [1.82, 2.24) is 4.90 Å². The summed E-state index contributed by atoms with van der Waals surface area (Å²) in [6.07, 6.45) is -0.0203. The Morgan fingerprint density at radius 3 is 2.69 bits per heavy atom. The van der Waals surface area contributed by atoms with E-state index >= 15 is 0 Å². The summed E-state index contributed by atoms with van der Waals surface area (Å²) in [6.45, 7) is 2.54. The predicted molar refractivity (Wildman–Crippen MR) is 101 cm³/mol. The van der Waals surface area contributed by atoms with Crippen LogP contribution in [0.2, 0.25) is 0 Å². The number of hydrogen-bond donors (Lipinski definition) is 0. The lowest BCUT2D eigenvalue weighted by Crippen LogP contribution is -2.43. The van der Waals surface area contributed by atoms with Gasteiger partial charge < -0.3 is 14.4 Å². The van der Waals surface area contributed by atoms with Crippen LogP contribution in [0.15, 0.2) is 53.0 Å². The van der Waals surface area contributed by atoms with Gasteiger partial charge in [0.25, 0.3) is 5.91 Å². The van der Waals surface area contributed by atoms with Crippen molar-refractivity contribution in [2.24, 2.45) is 0 Å². The van der Waals surface area contributed by atoms with Gasteiger partial charge in [-0.15, -0.1) is 0 Å². The third-order valence-electron chi connectivity index (χ3n) is 4.25. The molecule has 0 N–H and O–H groups in total. The molecule has 0 saturated heterocycles. The molecule has 1 amide bonds. The fourth-order valence-electron chi connectivity index (χ4n) is 2.92. The van der Waals surface area contributed by atoms with Crippen LogP contribution < -0.4 is 4.74 Å². The summed E-state index contributed by atoms with van der Waals surface area (Å²) >= 11 is 3.34. The first kappa shape index (κ1) is 18.5. The first-order chi connectivity index (χ1) is 12.5. The highest BCUT2D eigenvalue weighted by molar-refractivity contribution is 9.10. The molecule has 1 aliphatic rings. The number of carbonyl (C=O) groups is 2.